The van der Waals surface area contributed by atoms with Gasteiger partial charge in [-0.05, 0) is 61.4 Å². The number of carbonyl (C=O) groups is 2. The molecule has 2 amide bonds. The second-order valence-electron chi connectivity index (χ2n) is 6.67. The fraction of sp³-hybridized carbons (Fsp3) is 0.238. The Balaban J connectivity index is 2.19. The number of urea groups is 1. The number of hydrogen-bond acceptors (Lipinski definition) is 4. The summed E-state index contributed by atoms with van der Waals surface area (Å²) in [4.78, 5) is 25.4. The van der Waals surface area contributed by atoms with E-state index in [1.165, 1.54) is 0 Å². The summed E-state index contributed by atoms with van der Waals surface area (Å²) in [5.74, 6) is 0.0903. The zero-order valence-electron chi connectivity index (χ0n) is 16.1. The van der Waals surface area contributed by atoms with Crippen molar-refractivity contribution in [1.82, 2.24) is 10.6 Å². The summed E-state index contributed by atoms with van der Waals surface area (Å²) in [6.45, 7) is 3.51. The summed E-state index contributed by atoms with van der Waals surface area (Å²) in [6, 6.07) is 10.6. The highest BCUT2D eigenvalue weighted by molar-refractivity contribution is 6.35. The van der Waals surface area contributed by atoms with Crippen molar-refractivity contribution < 1.29 is 19.1 Å². The van der Waals surface area contributed by atoms with Gasteiger partial charge in [-0.25, -0.2) is 9.59 Å². The molecule has 0 bridgehead atoms. The fourth-order valence-corrected chi connectivity index (χ4v) is 3.53. The van der Waals surface area contributed by atoms with Crippen LogP contribution in [0.5, 0.6) is 5.75 Å². The number of benzene rings is 2. The zero-order valence-corrected chi connectivity index (χ0v) is 17.6. The van der Waals surface area contributed by atoms with Gasteiger partial charge in [0.25, 0.3) is 0 Å². The molecular formula is C21H20Cl2N2O4. The highest BCUT2D eigenvalue weighted by Gasteiger charge is 2.35. The first-order chi connectivity index (χ1) is 13.8. The Labute approximate surface area is 178 Å². The maximum absolute atomic E-state index is 13.0. The van der Waals surface area contributed by atoms with Gasteiger partial charge in [-0.1, -0.05) is 29.3 Å². The molecule has 0 aliphatic carbocycles. The first-order valence-corrected chi connectivity index (χ1v) is 9.67. The van der Waals surface area contributed by atoms with Gasteiger partial charge in [0.15, 0.2) is 0 Å². The molecule has 0 aromatic heterocycles. The number of rotatable bonds is 5. The summed E-state index contributed by atoms with van der Waals surface area (Å²) in [5.41, 5.74) is 1.75. The van der Waals surface area contributed by atoms with Crippen LogP contribution in [0, 0.1) is 0 Å². The highest BCUT2D eigenvalue weighted by Crippen LogP contribution is 2.36. The molecule has 1 aliphatic heterocycles. The maximum atomic E-state index is 13.0. The Morgan fingerprint density at radius 3 is 2.38 bits per heavy atom. The van der Waals surface area contributed by atoms with E-state index < -0.39 is 18.0 Å². The van der Waals surface area contributed by atoms with Crippen LogP contribution in [0.3, 0.4) is 0 Å². The summed E-state index contributed by atoms with van der Waals surface area (Å²) in [7, 11) is 1.56. The van der Waals surface area contributed by atoms with Crippen LogP contribution >= 0.6 is 23.2 Å². The van der Waals surface area contributed by atoms with Crippen molar-refractivity contribution in [2.24, 2.45) is 0 Å². The number of nitrogens with one attached hydrogen (secondary N) is 2. The Kier molecular flexibility index (Phi) is 6.35. The minimum Gasteiger partial charge on any atom is -0.497 e. The number of esters is 1. The lowest BCUT2D eigenvalue weighted by Gasteiger charge is -2.30. The van der Waals surface area contributed by atoms with Crippen molar-refractivity contribution >= 4 is 40.9 Å². The molecule has 0 saturated heterocycles. The maximum Gasteiger partial charge on any atom is 0.338 e. The molecule has 0 fully saturated rings. The number of amides is 2. The molecule has 1 heterocycles. The summed E-state index contributed by atoms with van der Waals surface area (Å²) in [6.07, 6.45) is -0.342. The number of carbonyl (C=O) groups excluding carboxylic acids is 2. The second-order valence-corrected chi connectivity index (χ2v) is 7.51. The lowest BCUT2D eigenvalue weighted by molar-refractivity contribution is -0.143. The Bertz CT molecular complexity index is 971. The predicted molar refractivity (Wildman–Crippen MR) is 112 cm³/mol. The molecule has 8 heteroatoms. The number of ether oxygens (including phenoxy) is 2. The molecule has 0 radical (unpaired) electrons. The second kappa shape index (κ2) is 8.76. The van der Waals surface area contributed by atoms with Crippen molar-refractivity contribution in [2.75, 3.05) is 7.11 Å². The third kappa shape index (κ3) is 4.66. The topological polar surface area (TPSA) is 76.7 Å². The molecule has 1 unspecified atom stereocenters. The summed E-state index contributed by atoms with van der Waals surface area (Å²) < 4.78 is 10.6. The number of hydrogen-bond donors (Lipinski definition) is 2. The molecule has 0 saturated carbocycles. The normalized spacial score (nSPS) is 16.3. The molecule has 0 spiro atoms. The van der Waals surface area contributed by atoms with E-state index in [-0.39, 0.29) is 11.7 Å². The van der Waals surface area contributed by atoms with E-state index in [2.05, 4.69) is 10.6 Å². The predicted octanol–water partition coefficient (Wildman–Crippen LogP) is 4.72. The smallest absolute Gasteiger partial charge is 0.338 e. The first-order valence-electron chi connectivity index (χ1n) is 8.92. The van der Waals surface area contributed by atoms with E-state index in [1.807, 2.05) is 0 Å². The Morgan fingerprint density at radius 1 is 1.10 bits per heavy atom. The molecule has 1 aliphatic rings. The van der Waals surface area contributed by atoms with Crippen LogP contribution in [-0.2, 0) is 9.53 Å². The standard InChI is InChI=1S/C21H20Cl2N2O4/c1-11(2)29-20(26)17-18(12-4-7-14(28-3)8-5-12)24-21(27)25-19(17)15-9-6-13(22)10-16(15)23/h4-11,19H,1-3H3,(H2,24,25,27). The van der Waals surface area contributed by atoms with Gasteiger partial charge in [0, 0.05) is 10.0 Å². The third-order valence-electron chi connectivity index (χ3n) is 4.29. The molecule has 2 aromatic carbocycles. The van der Waals surface area contributed by atoms with E-state index in [0.717, 1.165) is 0 Å². The van der Waals surface area contributed by atoms with Gasteiger partial charge >= 0.3 is 12.0 Å². The van der Waals surface area contributed by atoms with Gasteiger partial charge in [0.05, 0.1) is 30.5 Å². The summed E-state index contributed by atoms with van der Waals surface area (Å²) in [5, 5.41) is 6.26. The van der Waals surface area contributed by atoms with Gasteiger partial charge < -0.3 is 20.1 Å². The molecule has 152 valence electrons. The summed E-state index contributed by atoms with van der Waals surface area (Å²) >= 11 is 12.4. The molecule has 29 heavy (non-hydrogen) atoms. The zero-order chi connectivity index (χ0) is 21.1. The lowest BCUT2D eigenvalue weighted by Crippen LogP contribution is -2.45. The molecule has 2 aromatic rings. The van der Waals surface area contributed by atoms with E-state index in [0.29, 0.717) is 32.6 Å². The van der Waals surface area contributed by atoms with Crippen LogP contribution in [0.1, 0.15) is 31.0 Å². The molecule has 3 rings (SSSR count). The molecule has 1 atom stereocenters. The van der Waals surface area contributed by atoms with Crippen LogP contribution in [-0.4, -0.2) is 25.2 Å². The monoisotopic (exact) mass is 434 g/mol. The largest absolute Gasteiger partial charge is 0.497 e. The number of methoxy groups -OCH3 is 1. The van der Waals surface area contributed by atoms with Crippen molar-refractivity contribution in [3.05, 3.63) is 69.2 Å². The van der Waals surface area contributed by atoms with E-state index in [9.17, 15) is 9.59 Å². The average molecular weight is 435 g/mol. The minimum absolute atomic E-state index is 0.243. The van der Waals surface area contributed by atoms with Crippen LogP contribution in [0.25, 0.3) is 5.70 Å². The first kappa shape index (κ1) is 21.0. The van der Waals surface area contributed by atoms with Gasteiger partial charge in [-0.15, -0.1) is 0 Å². The third-order valence-corrected chi connectivity index (χ3v) is 4.85. The van der Waals surface area contributed by atoms with Gasteiger partial charge in [0.1, 0.15) is 5.75 Å². The van der Waals surface area contributed by atoms with Crippen LogP contribution in [0.2, 0.25) is 10.0 Å². The lowest BCUT2D eigenvalue weighted by atomic mass is 9.92. The van der Waals surface area contributed by atoms with Gasteiger partial charge in [-0.3, -0.25) is 0 Å². The van der Waals surface area contributed by atoms with E-state index in [4.69, 9.17) is 32.7 Å². The molecule has 2 N–H and O–H groups in total. The van der Waals surface area contributed by atoms with Crippen molar-refractivity contribution in [1.29, 1.82) is 0 Å². The van der Waals surface area contributed by atoms with Gasteiger partial charge in [0.2, 0.25) is 0 Å². The molecular weight excluding hydrogens is 415 g/mol. The van der Waals surface area contributed by atoms with E-state index >= 15 is 0 Å². The van der Waals surface area contributed by atoms with Crippen LogP contribution in [0.15, 0.2) is 48.0 Å². The molecule has 6 nitrogen and oxygen atoms in total. The fourth-order valence-electron chi connectivity index (χ4n) is 3.02. The van der Waals surface area contributed by atoms with Crippen molar-refractivity contribution in [3.63, 3.8) is 0 Å². The van der Waals surface area contributed by atoms with Crippen molar-refractivity contribution in [3.8, 4) is 5.75 Å². The minimum atomic E-state index is -0.808. The SMILES string of the molecule is COc1ccc(C2=C(C(=O)OC(C)C)C(c3ccc(Cl)cc3Cl)NC(=O)N2)cc1. The van der Waals surface area contributed by atoms with Crippen LogP contribution < -0.4 is 15.4 Å². The van der Waals surface area contributed by atoms with Gasteiger partial charge in [-0.2, -0.15) is 0 Å². The van der Waals surface area contributed by atoms with Crippen LogP contribution in [0.4, 0.5) is 4.79 Å². The Morgan fingerprint density at radius 2 is 1.79 bits per heavy atom. The van der Waals surface area contributed by atoms with Crippen molar-refractivity contribution in [2.45, 2.75) is 26.0 Å². The highest BCUT2D eigenvalue weighted by atomic mass is 35.5. The Hall–Kier alpha value is -2.70. The van der Waals surface area contributed by atoms with E-state index in [1.54, 1.807) is 63.4 Å². The quantitative estimate of drug-likeness (QED) is 0.667. The number of halogens is 2. The average Bonchev–Trinajstić information content (AvgIpc) is 2.66.